The van der Waals surface area contributed by atoms with Crippen molar-refractivity contribution in [3.63, 3.8) is 0 Å². The second-order valence-corrected chi connectivity index (χ2v) is 5.84. The summed E-state index contributed by atoms with van der Waals surface area (Å²) in [4.78, 5) is 10.9. The fraction of sp³-hybridized carbons (Fsp3) is 0.769. The molecule has 0 aromatic carbocycles. The van der Waals surface area contributed by atoms with E-state index in [0.29, 0.717) is 24.5 Å². The predicted molar refractivity (Wildman–Crippen MR) is 77.4 cm³/mol. The van der Waals surface area contributed by atoms with Crippen LogP contribution in [0.5, 0.6) is 0 Å². The molecule has 2 rings (SSSR count). The van der Waals surface area contributed by atoms with Gasteiger partial charge in [0.05, 0.1) is 11.0 Å². The zero-order valence-electron chi connectivity index (χ0n) is 12.8. The Morgan fingerprint density at radius 3 is 2.81 bits per heavy atom. The summed E-state index contributed by atoms with van der Waals surface area (Å²) in [6, 6.07) is 0. The molecule has 0 radical (unpaired) electrons. The molecule has 118 valence electrons. The van der Waals surface area contributed by atoms with Crippen molar-refractivity contribution in [3.8, 4) is 0 Å². The van der Waals surface area contributed by atoms with Gasteiger partial charge in [-0.25, -0.2) is 4.68 Å². The van der Waals surface area contributed by atoms with Gasteiger partial charge in [0, 0.05) is 32.5 Å². The van der Waals surface area contributed by atoms with Crippen LogP contribution in [-0.2, 0) is 11.8 Å². The SMILES string of the molecule is CC(C)c1nn(C)c(NCC2(O)CCOC2C)c1[N+](=O)[O-]. The van der Waals surface area contributed by atoms with Crippen LogP contribution in [0.3, 0.4) is 0 Å². The third kappa shape index (κ3) is 2.86. The highest BCUT2D eigenvalue weighted by Gasteiger charge is 2.40. The molecular weight excluding hydrogens is 276 g/mol. The molecule has 2 heterocycles. The molecule has 0 bridgehead atoms. The topological polar surface area (TPSA) is 102 Å². The molecule has 1 aliphatic heterocycles. The molecule has 0 saturated carbocycles. The van der Waals surface area contributed by atoms with Crippen molar-refractivity contribution < 1.29 is 14.8 Å². The molecule has 1 saturated heterocycles. The van der Waals surface area contributed by atoms with Gasteiger partial charge in [0.2, 0.25) is 5.82 Å². The number of anilines is 1. The van der Waals surface area contributed by atoms with E-state index in [0.717, 1.165) is 0 Å². The van der Waals surface area contributed by atoms with Crippen LogP contribution in [0.1, 0.15) is 38.8 Å². The van der Waals surface area contributed by atoms with Crippen molar-refractivity contribution in [1.29, 1.82) is 0 Å². The van der Waals surface area contributed by atoms with Crippen LogP contribution < -0.4 is 5.32 Å². The van der Waals surface area contributed by atoms with Gasteiger partial charge < -0.3 is 15.2 Å². The van der Waals surface area contributed by atoms with E-state index in [1.54, 1.807) is 14.0 Å². The van der Waals surface area contributed by atoms with E-state index in [9.17, 15) is 15.2 Å². The van der Waals surface area contributed by atoms with E-state index in [4.69, 9.17) is 4.74 Å². The van der Waals surface area contributed by atoms with E-state index in [-0.39, 0.29) is 24.3 Å². The summed E-state index contributed by atoms with van der Waals surface area (Å²) in [5, 5.41) is 29.0. The summed E-state index contributed by atoms with van der Waals surface area (Å²) in [5.74, 6) is 0.264. The van der Waals surface area contributed by atoms with Crippen molar-refractivity contribution in [3.05, 3.63) is 15.8 Å². The third-order valence-electron chi connectivity index (χ3n) is 4.00. The Morgan fingerprint density at radius 2 is 2.33 bits per heavy atom. The zero-order valence-corrected chi connectivity index (χ0v) is 12.8. The van der Waals surface area contributed by atoms with Gasteiger partial charge in [-0.15, -0.1) is 0 Å². The molecule has 1 aromatic heterocycles. The Morgan fingerprint density at radius 1 is 1.67 bits per heavy atom. The van der Waals surface area contributed by atoms with Gasteiger partial charge in [-0.1, -0.05) is 13.8 Å². The molecule has 1 aromatic rings. The second-order valence-electron chi connectivity index (χ2n) is 5.84. The van der Waals surface area contributed by atoms with Crippen LogP contribution in [0.4, 0.5) is 11.5 Å². The van der Waals surface area contributed by atoms with Gasteiger partial charge >= 0.3 is 5.69 Å². The summed E-state index contributed by atoms with van der Waals surface area (Å²) in [6.45, 7) is 6.20. The minimum absolute atomic E-state index is 0.0253. The highest BCUT2D eigenvalue weighted by molar-refractivity contribution is 5.60. The number of aromatic nitrogens is 2. The number of hydrogen-bond donors (Lipinski definition) is 2. The van der Waals surface area contributed by atoms with Gasteiger partial charge in [-0.3, -0.25) is 10.1 Å². The molecule has 21 heavy (non-hydrogen) atoms. The average molecular weight is 298 g/mol. The molecular formula is C13H22N4O4. The van der Waals surface area contributed by atoms with Crippen LogP contribution in [-0.4, -0.2) is 44.7 Å². The van der Waals surface area contributed by atoms with Crippen molar-refractivity contribution in [2.75, 3.05) is 18.5 Å². The Balaban J connectivity index is 2.26. The number of nitro groups is 1. The predicted octanol–water partition coefficient (Wildman–Crippen LogP) is 1.40. The van der Waals surface area contributed by atoms with Crippen molar-refractivity contribution in [1.82, 2.24) is 9.78 Å². The first kappa shape index (κ1) is 15.7. The molecule has 2 atom stereocenters. The van der Waals surface area contributed by atoms with Gasteiger partial charge in [-0.2, -0.15) is 5.10 Å². The molecule has 0 aliphatic carbocycles. The lowest BCUT2D eigenvalue weighted by Crippen LogP contribution is -2.43. The normalized spacial score (nSPS) is 25.5. The second kappa shape index (κ2) is 5.61. The van der Waals surface area contributed by atoms with Crippen LogP contribution in [0.2, 0.25) is 0 Å². The Kier molecular flexibility index (Phi) is 4.20. The van der Waals surface area contributed by atoms with Crippen molar-refractivity contribution in [2.45, 2.75) is 44.8 Å². The number of hydrogen-bond acceptors (Lipinski definition) is 6. The zero-order chi connectivity index (χ0) is 15.8. The molecule has 0 spiro atoms. The lowest BCUT2D eigenvalue weighted by atomic mass is 9.97. The third-order valence-corrected chi connectivity index (χ3v) is 4.00. The molecule has 8 nitrogen and oxygen atoms in total. The molecule has 2 N–H and O–H groups in total. The average Bonchev–Trinajstić information content (AvgIpc) is 2.89. The van der Waals surface area contributed by atoms with Crippen LogP contribution in [0.25, 0.3) is 0 Å². The first-order valence-electron chi connectivity index (χ1n) is 7.05. The highest BCUT2D eigenvalue weighted by Crippen LogP contribution is 2.34. The quantitative estimate of drug-likeness (QED) is 0.629. The lowest BCUT2D eigenvalue weighted by Gasteiger charge is -2.26. The van der Waals surface area contributed by atoms with Gasteiger partial charge in [0.25, 0.3) is 0 Å². The lowest BCUT2D eigenvalue weighted by molar-refractivity contribution is -0.384. The number of aliphatic hydroxyl groups is 1. The van der Waals surface area contributed by atoms with Gasteiger partial charge in [-0.05, 0) is 6.92 Å². The summed E-state index contributed by atoms with van der Waals surface area (Å²) < 4.78 is 6.82. The minimum Gasteiger partial charge on any atom is -0.385 e. The van der Waals surface area contributed by atoms with Gasteiger partial charge in [0.15, 0.2) is 0 Å². The number of nitrogens with zero attached hydrogens (tertiary/aromatic N) is 3. The summed E-state index contributed by atoms with van der Waals surface area (Å²) in [7, 11) is 1.65. The first-order chi connectivity index (χ1) is 9.76. The van der Waals surface area contributed by atoms with E-state index in [2.05, 4.69) is 10.4 Å². The maximum Gasteiger partial charge on any atom is 0.334 e. The standard InChI is InChI=1S/C13H22N4O4/c1-8(2)10-11(17(19)20)12(16(4)15-10)14-7-13(18)5-6-21-9(13)3/h8-9,14,18H,5-7H2,1-4H3. The summed E-state index contributed by atoms with van der Waals surface area (Å²) in [5.41, 5.74) is -0.605. The van der Waals surface area contributed by atoms with Crippen molar-refractivity contribution in [2.24, 2.45) is 7.05 Å². The van der Waals surface area contributed by atoms with E-state index < -0.39 is 10.5 Å². The summed E-state index contributed by atoms with van der Waals surface area (Å²) in [6.07, 6.45) is 0.200. The fourth-order valence-electron chi connectivity index (χ4n) is 2.54. The van der Waals surface area contributed by atoms with E-state index in [1.807, 2.05) is 13.8 Å². The number of aryl methyl sites for hydroxylation is 1. The van der Waals surface area contributed by atoms with Crippen LogP contribution in [0.15, 0.2) is 0 Å². The minimum atomic E-state index is -1.02. The molecule has 1 fully saturated rings. The largest absolute Gasteiger partial charge is 0.385 e. The van der Waals surface area contributed by atoms with Crippen molar-refractivity contribution >= 4 is 11.5 Å². The number of rotatable bonds is 5. The summed E-state index contributed by atoms with van der Waals surface area (Å²) >= 11 is 0. The molecule has 1 aliphatic rings. The van der Waals surface area contributed by atoms with Crippen LogP contribution >= 0.6 is 0 Å². The fourth-order valence-corrected chi connectivity index (χ4v) is 2.54. The maximum absolute atomic E-state index is 11.3. The molecule has 2 unspecified atom stereocenters. The Labute approximate surface area is 123 Å². The first-order valence-corrected chi connectivity index (χ1v) is 7.05. The smallest absolute Gasteiger partial charge is 0.334 e. The van der Waals surface area contributed by atoms with E-state index in [1.165, 1.54) is 4.68 Å². The van der Waals surface area contributed by atoms with E-state index >= 15 is 0 Å². The Bertz CT molecular complexity index is 543. The Hall–Kier alpha value is -1.67. The number of ether oxygens (including phenoxy) is 1. The monoisotopic (exact) mass is 298 g/mol. The highest BCUT2D eigenvalue weighted by atomic mass is 16.6. The number of nitrogens with one attached hydrogen (secondary N) is 1. The van der Waals surface area contributed by atoms with Crippen LogP contribution in [0, 0.1) is 10.1 Å². The molecule has 0 amide bonds. The van der Waals surface area contributed by atoms with Gasteiger partial charge in [0.1, 0.15) is 11.3 Å². The maximum atomic E-state index is 11.3. The molecule has 8 heteroatoms.